The molecule has 0 spiro atoms. The standard InChI is InChI=1S/C19H25ClN6O2S/c1-19(2,3)28-18(27)26-8-6-25(7-9-26)17-24-23-16(29-17)13-11-21-15(20)10-14(13)22-12-4-5-12/h10-12H,4-9H2,1-3H3,(H,21,22). The Balaban J connectivity index is 1.42. The number of amides is 1. The molecule has 0 atom stereocenters. The van der Waals surface area contributed by atoms with Gasteiger partial charge >= 0.3 is 6.09 Å². The van der Waals surface area contributed by atoms with Gasteiger partial charge < -0.3 is 19.9 Å². The number of halogens is 1. The van der Waals surface area contributed by atoms with Crippen molar-refractivity contribution >= 4 is 39.8 Å². The second-order valence-electron chi connectivity index (χ2n) is 8.32. The van der Waals surface area contributed by atoms with Crippen LogP contribution in [0.3, 0.4) is 0 Å². The zero-order chi connectivity index (χ0) is 20.6. The second-order valence-corrected chi connectivity index (χ2v) is 9.66. The van der Waals surface area contributed by atoms with Gasteiger partial charge in [-0.15, -0.1) is 10.2 Å². The molecule has 29 heavy (non-hydrogen) atoms. The average molecular weight is 437 g/mol. The number of nitrogens with one attached hydrogen (secondary N) is 1. The van der Waals surface area contributed by atoms with Crippen LogP contribution >= 0.6 is 22.9 Å². The van der Waals surface area contributed by atoms with E-state index in [2.05, 4.69) is 25.4 Å². The summed E-state index contributed by atoms with van der Waals surface area (Å²) in [5.41, 5.74) is 1.38. The average Bonchev–Trinajstić information content (AvgIpc) is 3.33. The molecule has 1 saturated heterocycles. The number of aromatic nitrogens is 3. The summed E-state index contributed by atoms with van der Waals surface area (Å²) < 4.78 is 5.46. The van der Waals surface area contributed by atoms with Crippen molar-refractivity contribution < 1.29 is 9.53 Å². The summed E-state index contributed by atoms with van der Waals surface area (Å²) in [5.74, 6) is 0. The Hall–Kier alpha value is -2.13. The highest BCUT2D eigenvalue weighted by Gasteiger charge is 2.28. The Bertz CT molecular complexity index is 887. The lowest BCUT2D eigenvalue weighted by Gasteiger charge is -2.35. The normalized spacial score (nSPS) is 17.4. The number of nitrogens with zero attached hydrogens (tertiary/aromatic N) is 5. The molecule has 1 amide bonds. The minimum atomic E-state index is -0.485. The number of piperazine rings is 1. The number of rotatable bonds is 4. The first kappa shape index (κ1) is 20.2. The van der Waals surface area contributed by atoms with E-state index in [0.29, 0.717) is 37.4 Å². The van der Waals surface area contributed by atoms with Crippen molar-refractivity contribution in [2.24, 2.45) is 0 Å². The van der Waals surface area contributed by atoms with Gasteiger partial charge in [-0.3, -0.25) is 0 Å². The van der Waals surface area contributed by atoms with Gasteiger partial charge in [0.05, 0.1) is 5.56 Å². The van der Waals surface area contributed by atoms with Gasteiger partial charge in [0.15, 0.2) is 5.01 Å². The molecule has 10 heteroatoms. The fourth-order valence-electron chi connectivity index (χ4n) is 3.03. The van der Waals surface area contributed by atoms with Gasteiger partial charge in [0.25, 0.3) is 0 Å². The van der Waals surface area contributed by atoms with E-state index in [1.54, 1.807) is 11.1 Å². The van der Waals surface area contributed by atoms with Crippen molar-refractivity contribution in [1.82, 2.24) is 20.1 Å². The molecule has 2 aromatic rings. The summed E-state index contributed by atoms with van der Waals surface area (Å²) in [4.78, 5) is 20.3. The molecule has 0 unspecified atom stereocenters. The van der Waals surface area contributed by atoms with Crippen LogP contribution in [-0.4, -0.2) is 64.0 Å². The number of anilines is 2. The number of pyridine rings is 1. The van der Waals surface area contributed by atoms with E-state index >= 15 is 0 Å². The zero-order valence-electron chi connectivity index (χ0n) is 16.8. The smallest absolute Gasteiger partial charge is 0.410 e. The number of carbonyl (C=O) groups excluding carboxylic acids is 1. The summed E-state index contributed by atoms with van der Waals surface area (Å²) in [6.45, 7) is 8.22. The first-order valence-electron chi connectivity index (χ1n) is 9.77. The number of carbonyl (C=O) groups is 1. The molecule has 0 radical (unpaired) electrons. The monoisotopic (exact) mass is 436 g/mol. The molecule has 1 aliphatic heterocycles. The molecule has 1 saturated carbocycles. The molecule has 8 nitrogen and oxygen atoms in total. The minimum absolute atomic E-state index is 0.266. The lowest BCUT2D eigenvalue weighted by atomic mass is 10.2. The van der Waals surface area contributed by atoms with Crippen LogP contribution in [0.1, 0.15) is 33.6 Å². The largest absolute Gasteiger partial charge is 0.444 e. The third-order valence-corrected chi connectivity index (χ3v) is 5.88. The highest BCUT2D eigenvalue weighted by molar-refractivity contribution is 7.18. The Labute approximate surface area is 179 Å². The molecule has 1 aliphatic carbocycles. The Morgan fingerprint density at radius 2 is 1.97 bits per heavy atom. The van der Waals surface area contributed by atoms with Crippen LogP contribution in [0.4, 0.5) is 15.6 Å². The molecular formula is C19H25ClN6O2S. The number of ether oxygens (including phenoxy) is 1. The van der Waals surface area contributed by atoms with E-state index in [4.69, 9.17) is 16.3 Å². The second kappa shape index (κ2) is 7.95. The predicted molar refractivity (Wildman–Crippen MR) is 115 cm³/mol. The first-order valence-corrected chi connectivity index (χ1v) is 11.0. The fraction of sp³-hybridized carbons (Fsp3) is 0.579. The maximum absolute atomic E-state index is 12.2. The zero-order valence-corrected chi connectivity index (χ0v) is 18.4. The minimum Gasteiger partial charge on any atom is -0.444 e. The topological polar surface area (TPSA) is 83.5 Å². The van der Waals surface area contributed by atoms with Crippen molar-refractivity contribution in [3.63, 3.8) is 0 Å². The van der Waals surface area contributed by atoms with Crippen LogP contribution in [0.25, 0.3) is 10.6 Å². The van der Waals surface area contributed by atoms with Gasteiger partial charge in [-0.25, -0.2) is 9.78 Å². The summed E-state index contributed by atoms with van der Waals surface area (Å²) in [6, 6.07) is 2.34. The lowest BCUT2D eigenvalue weighted by Crippen LogP contribution is -2.50. The molecule has 156 valence electrons. The Kier molecular flexibility index (Phi) is 5.52. The highest BCUT2D eigenvalue weighted by Crippen LogP contribution is 2.36. The molecule has 0 bridgehead atoms. The molecular weight excluding hydrogens is 412 g/mol. The van der Waals surface area contributed by atoms with Crippen LogP contribution in [0.5, 0.6) is 0 Å². The van der Waals surface area contributed by atoms with Crippen LogP contribution in [-0.2, 0) is 4.74 Å². The third-order valence-electron chi connectivity index (χ3n) is 4.65. The lowest BCUT2D eigenvalue weighted by molar-refractivity contribution is 0.0240. The fourth-order valence-corrected chi connectivity index (χ4v) is 4.10. The quantitative estimate of drug-likeness (QED) is 0.728. The van der Waals surface area contributed by atoms with Crippen molar-refractivity contribution in [2.75, 3.05) is 36.4 Å². The number of hydrogen-bond acceptors (Lipinski definition) is 8. The summed E-state index contributed by atoms with van der Waals surface area (Å²) >= 11 is 7.61. The molecule has 3 heterocycles. The molecule has 0 aromatic carbocycles. The van der Waals surface area contributed by atoms with Crippen LogP contribution < -0.4 is 10.2 Å². The third kappa shape index (κ3) is 5.08. The molecule has 2 aliphatic rings. The van der Waals surface area contributed by atoms with E-state index in [1.807, 2.05) is 26.8 Å². The highest BCUT2D eigenvalue weighted by atomic mass is 35.5. The number of hydrogen-bond donors (Lipinski definition) is 1. The molecule has 2 fully saturated rings. The van der Waals surface area contributed by atoms with Gasteiger partial charge in [0, 0.05) is 44.1 Å². The van der Waals surface area contributed by atoms with Crippen LogP contribution in [0.2, 0.25) is 5.15 Å². The van der Waals surface area contributed by atoms with E-state index in [0.717, 1.165) is 21.4 Å². The van der Waals surface area contributed by atoms with Gasteiger partial charge in [0.1, 0.15) is 10.8 Å². The van der Waals surface area contributed by atoms with Crippen LogP contribution in [0, 0.1) is 0 Å². The van der Waals surface area contributed by atoms with Crippen LogP contribution in [0.15, 0.2) is 12.3 Å². The van der Waals surface area contributed by atoms with Crippen molar-refractivity contribution in [3.05, 3.63) is 17.4 Å². The van der Waals surface area contributed by atoms with E-state index in [9.17, 15) is 4.79 Å². The first-order chi connectivity index (χ1) is 13.8. The Morgan fingerprint density at radius 3 is 2.62 bits per heavy atom. The molecule has 1 N–H and O–H groups in total. The maximum Gasteiger partial charge on any atom is 0.410 e. The predicted octanol–water partition coefficient (Wildman–Crippen LogP) is 3.88. The van der Waals surface area contributed by atoms with E-state index < -0.39 is 5.60 Å². The summed E-state index contributed by atoms with van der Waals surface area (Å²) in [7, 11) is 0. The van der Waals surface area contributed by atoms with Crippen molar-refractivity contribution in [2.45, 2.75) is 45.3 Å². The molecule has 2 aromatic heterocycles. The SMILES string of the molecule is CC(C)(C)OC(=O)N1CCN(c2nnc(-c3cnc(Cl)cc3NC3CC3)s2)CC1. The molecule has 4 rings (SSSR count). The van der Waals surface area contributed by atoms with Gasteiger partial charge in [-0.05, 0) is 39.7 Å². The summed E-state index contributed by atoms with van der Waals surface area (Å²) in [5, 5.41) is 14.4. The van der Waals surface area contributed by atoms with Gasteiger partial charge in [-0.1, -0.05) is 22.9 Å². The van der Waals surface area contributed by atoms with Gasteiger partial charge in [-0.2, -0.15) is 0 Å². The summed E-state index contributed by atoms with van der Waals surface area (Å²) in [6.07, 6.45) is 3.82. The maximum atomic E-state index is 12.2. The van der Waals surface area contributed by atoms with E-state index in [1.165, 1.54) is 24.2 Å². The van der Waals surface area contributed by atoms with E-state index in [-0.39, 0.29) is 6.09 Å². The van der Waals surface area contributed by atoms with Crippen molar-refractivity contribution in [3.8, 4) is 10.6 Å². The van der Waals surface area contributed by atoms with Gasteiger partial charge in [0.2, 0.25) is 5.13 Å². The van der Waals surface area contributed by atoms with Crippen molar-refractivity contribution in [1.29, 1.82) is 0 Å². The Morgan fingerprint density at radius 1 is 1.24 bits per heavy atom.